The van der Waals surface area contributed by atoms with Gasteiger partial charge in [0.25, 0.3) is 0 Å². The van der Waals surface area contributed by atoms with E-state index in [1.165, 1.54) is 0 Å². The lowest BCUT2D eigenvalue weighted by Crippen LogP contribution is -2.17. The number of rotatable bonds is 4. The van der Waals surface area contributed by atoms with Gasteiger partial charge in [-0.25, -0.2) is 0 Å². The van der Waals surface area contributed by atoms with Crippen LogP contribution in [0.15, 0.2) is 48.8 Å². The van der Waals surface area contributed by atoms with E-state index in [2.05, 4.69) is 34.7 Å². The zero-order chi connectivity index (χ0) is 21.5. The van der Waals surface area contributed by atoms with Crippen molar-refractivity contribution in [2.24, 2.45) is 7.05 Å². The minimum Gasteiger partial charge on any atom is -0.394 e. The van der Waals surface area contributed by atoms with Gasteiger partial charge in [-0.3, -0.25) is 14.2 Å². The van der Waals surface area contributed by atoms with Gasteiger partial charge in [0.1, 0.15) is 11.5 Å². The Hall–Kier alpha value is -3.45. The molecule has 0 aliphatic carbocycles. The molecule has 3 heterocycles. The highest BCUT2D eigenvalue weighted by molar-refractivity contribution is 5.98. The molecule has 0 bridgehead atoms. The molecule has 5 rings (SSSR count). The molecule has 0 fully saturated rings. The minimum absolute atomic E-state index is 0.0209. The summed E-state index contributed by atoms with van der Waals surface area (Å²) in [5.41, 5.74) is 6.96. The molecule has 2 aromatic heterocycles. The van der Waals surface area contributed by atoms with Crippen LogP contribution in [0.1, 0.15) is 18.9 Å². The molecule has 7 heteroatoms. The van der Waals surface area contributed by atoms with Gasteiger partial charge in [-0.1, -0.05) is 24.3 Å². The van der Waals surface area contributed by atoms with Crippen molar-refractivity contribution in [3.63, 3.8) is 0 Å². The SMILES string of the molecule is C[C@@H]1CC(=O)Cc2cccc(-c3ccc4c(c3)c(-c3cnn(C)c3)nn4CCO)c2N1. The molecule has 2 N–H and O–H groups in total. The quantitative estimate of drug-likeness (QED) is 0.534. The van der Waals surface area contributed by atoms with Crippen molar-refractivity contribution in [2.75, 3.05) is 11.9 Å². The van der Waals surface area contributed by atoms with Gasteiger partial charge >= 0.3 is 0 Å². The number of aryl methyl sites for hydroxylation is 1. The molecule has 31 heavy (non-hydrogen) atoms. The Morgan fingerprint density at radius 1 is 1.23 bits per heavy atom. The van der Waals surface area contributed by atoms with E-state index in [1.807, 2.05) is 37.0 Å². The Labute approximate surface area is 180 Å². The molecule has 158 valence electrons. The lowest BCUT2D eigenvalue weighted by Gasteiger charge is -2.17. The second-order valence-electron chi connectivity index (χ2n) is 8.23. The number of ketones is 1. The Kier molecular flexibility index (Phi) is 4.82. The first-order valence-corrected chi connectivity index (χ1v) is 10.5. The van der Waals surface area contributed by atoms with Gasteiger partial charge in [0.05, 0.1) is 24.9 Å². The molecule has 0 spiro atoms. The molecule has 0 unspecified atom stereocenters. The molecule has 0 amide bonds. The molecular weight excluding hydrogens is 390 g/mol. The van der Waals surface area contributed by atoms with Crippen molar-refractivity contribution >= 4 is 22.4 Å². The number of para-hydroxylation sites is 1. The molecule has 2 aromatic carbocycles. The Morgan fingerprint density at radius 3 is 2.87 bits per heavy atom. The molecule has 1 atom stereocenters. The zero-order valence-corrected chi connectivity index (χ0v) is 17.7. The van der Waals surface area contributed by atoms with Crippen LogP contribution >= 0.6 is 0 Å². The summed E-state index contributed by atoms with van der Waals surface area (Å²) in [5.74, 6) is 0.260. The molecular formula is C24H25N5O2. The number of aliphatic hydroxyl groups excluding tert-OH is 1. The Morgan fingerprint density at radius 2 is 2.10 bits per heavy atom. The first kappa shape index (κ1) is 19.5. The lowest BCUT2D eigenvalue weighted by atomic mass is 9.96. The van der Waals surface area contributed by atoms with E-state index in [0.29, 0.717) is 19.4 Å². The smallest absolute Gasteiger partial charge is 0.139 e. The number of hydrogen-bond acceptors (Lipinski definition) is 5. The topological polar surface area (TPSA) is 85.0 Å². The summed E-state index contributed by atoms with van der Waals surface area (Å²) in [6.07, 6.45) is 4.74. The molecule has 0 saturated heterocycles. The number of nitrogens with zero attached hydrogens (tertiary/aromatic N) is 4. The molecule has 7 nitrogen and oxygen atoms in total. The van der Waals surface area contributed by atoms with Gasteiger partial charge in [-0.05, 0) is 30.2 Å². The van der Waals surface area contributed by atoms with Crippen molar-refractivity contribution in [3.8, 4) is 22.4 Å². The van der Waals surface area contributed by atoms with Crippen LogP contribution in [0.25, 0.3) is 33.3 Å². The van der Waals surface area contributed by atoms with Crippen LogP contribution in [-0.2, 0) is 24.8 Å². The van der Waals surface area contributed by atoms with Crippen LogP contribution in [0.2, 0.25) is 0 Å². The van der Waals surface area contributed by atoms with Crippen molar-refractivity contribution in [1.29, 1.82) is 0 Å². The number of anilines is 1. The number of carbonyl (C=O) groups excluding carboxylic acids is 1. The zero-order valence-electron chi connectivity index (χ0n) is 17.7. The number of aliphatic hydroxyl groups is 1. The second kappa shape index (κ2) is 7.67. The number of aromatic nitrogens is 4. The standard InChI is InChI=1S/C24H25N5O2/c1-15-10-19(31)11-17-4-3-5-20(23(17)26-15)16-6-7-22-21(12-16)24(27-29(22)8-9-30)18-13-25-28(2)14-18/h3-7,12-15,26,30H,8-11H2,1-2H3/t15-/m1/s1. The van der Waals surface area contributed by atoms with Gasteiger partial charge < -0.3 is 10.4 Å². The lowest BCUT2D eigenvalue weighted by molar-refractivity contribution is -0.118. The van der Waals surface area contributed by atoms with Crippen LogP contribution in [0.5, 0.6) is 0 Å². The number of fused-ring (bicyclic) bond motifs is 2. The third-order valence-corrected chi connectivity index (χ3v) is 5.81. The summed E-state index contributed by atoms with van der Waals surface area (Å²) < 4.78 is 3.60. The highest BCUT2D eigenvalue weighted by atomic mass is 16.3. The third-order valence-electron chi connectivity index (χ3n) is 5.81. The summed E-state index contributed by atoms with van der Waals surface area (Å²) in [6.45, 7) is 2.50. The Bertz CT molecular complexity index is 1290. The number of carbonyl (C=O) groups is 1. The number of Topliss-reactive ketones (excluding diaryl/α,β-unsaturated/α-hetero) is 1. The third kappa shape index (κ3) is 3.51. The first-order chi connectivity index (χ1) is 15.0. The highest BCUT2D eigenvalue weighted by Gasteiger charge is 2.22. The van der Waals surface area contributed by atoms with Crippen LogP contribution in [0.4, 0.5) is 5.69 Å². The Balaban J connectivity index is 1.69. The predicted molar refractivity (Wildman–Crippen MR) is 121 cm³/mol. The summed E-state index contributed by atoms with van der Waals surface area (Å²) in [5, 5.41) is 23.1. The molecule has 1 aliphatic rings. The van der Waals surface area contributed by atoms with Crippen molar-refractivity contribution in [3.05, 3.63) is 54.4 Å². The van der Waals surface area contributed by atoms with Crippen molar-refractivity contribution in [2.45, 2.75) is 32.4 Å². The van der Waals surface area contributed by atoms with E-state index >= 15 is 0 Å². The maximum absolute atomic E-state index is 12.3. The first-order valence-electron chi connectivity index (χ1n) is 10.5. The fourth-order valence-electron chi connectivity index (χ4n) is 4.45. The summed E-state index contributed by atoms with van der Waals surface area (Å²) in [6, 6.07) is 12.5. The normalized spacial score (nSPS) is 16.2. The van der Waals surface area contributed by atoms with Crippen LogP contribution in [0.3, 0.4) is 0 Å². The fourth-order valence-corrected chi connectivity index (χ4v) is 4.45. The van der Waals surface area contributed by atoms with E-state index in [4.69, 9.17) is 5.10 Å². The summed E-state index contributed by atoms with van der Waals surface area (Å²) >= 11 is 0. The summed E-state index contributed by atoms with van der Waals surface area (Å²) in [7, 11) is 1.88. The molecule has 4 aromatic rings. The van der Waals surface area contributed by atoms with Gasteiger partial charge in [0, 0.05) is 54.3 Å². The van der Waals surface area contributed by atoms with E-state index < -0.39 is 0 Å². The van der Waals surface area contributed by atoms with Crippen molar-refractivity contribution < 1.29 is 9.90 Å². The van der Waals surface area contributed by atoms with E-state index in [9.17, 15) is 9.90 Å². The number of benzene rings is 2. The summed E-state index contributed by atoms with van der Waals surface area (Å²) in [4.78, 5) is 12.3. The molecule has 0 radical (unpaired) electrons. The average molecular weight is 415 g/mol. The van der Waals surface area contributed by atoms with Crippen molar-refractivity contribution in [1.82, 2.24) is 19.6 Å². The number of hydrogen-bond donors (Lipinski definition) is 2. The minimum atomic E-state index is 0.0209. The maximum Gasteiger partial charge on any atom is 0.139 e. The molecule has 1 aliphatic heterocycles. The van der Waals surface area contributed by atoms with Gasteiger partial charge in [0.2, 0.25) is 0 Å². The van der Waals surface area contributed by atoms with Gasteiger partial charge in [0.15, 0.2) is 0 Å². The van der Waals surface area contributed by atoms with Gasteiger partial charge in [-0.2, -0.15) is 10.2 Å². The fraction of sp³-hybridized carbons (Fsp3) is 0.292. The van der Waals surface area contributed by atoms with Crippen LogP contribution in [-0.4, -0.2) is 43.1 Å². The van der Waals surface area contributed by atoms with Gasteiger partial charge in [-0.15, -0.1) is 0 Å². The maximum atomic E-state index is 12.3. The van der Waals surface area contributed by atoms with E-state index in [0.717, 1.165) is 44.5 Å². The predicted octanol–water partition coefficient (Wildman–Crippen LogP) is 3.41. The van der Waals surface area contributed by atoms with Crippen LogP contribution < -0.4 is 5.32 Å². The van der Waals surface area contributed by atoms with E-state index in [-0.39, 0.29) is 18.4 Å². The number of nitrogens with one attached hydrogen (secondary N) is 1. The monoisotopic (exact) mass is 415 g/mol. The van der Waals surface area contributed by atoms with E-state index in [1.54, 1.807) is 10.9 Å². The highest BCUT2D eigenvalue weighted by Crippen LogP contribution is 2.37. The second-order valence-corrected chi connectivity index (χ2v) is 8.23. The average Bonchev–Trinajstić information content (AvgIpc) is 3.28. The van der Waals surface area contributed by atoms with Crippen LogP contribution in [0, 0.1) is 0 Å². The largest absolute Gasteiger partial charge is 0.394 e. The molecule has 0 saturated carbocycles.